The van der Waals surface area contributed by atoms with Crippen molar-refractivity contribution in [2.45, 2.75) is 25.3 Å². The summed E-state index contributed by atoms with van der Waals surface area (Å²) in [7, 11) is 3.99. The summed E-state index contributed by atoms with van der Waals surface area (Å²) in [5, 5.41) is 6.16. The van der Waals surface area contributed by atoms with E-state index in [2.05, 4.69) is 15.5 Å². The summed E-state index contributed by atoms with van der Waals surface area (Å²) in [5.74, 6) is 0.213. The number of likely N-dealkylation sites (N-methyl/N-ethyl adjacent to an activating group) is 1. The molecule has 1 atom stereocenters. The molecule has 1 heterocycles. The maximum absolute atomic E-state index is 12.0. The van der Waals surface area contributed by atoms with Crippen molar-refractivity contribution in [3.63, 3.8) is 0 Å². The fourth-order valence-electron chi connectivity index (χ4n) is 2.80. The van der Waals surface area contributed by atoms with Crippen LogP contribution in [0.25, 0.3) is 0 Å². The van der Waals surface area contributed by atoms with Crippen LogP contribution >= 0.6 is 11.6 Å². The molecule has 1 fully saturated rings. The molecule has 1 aliphatic heterocycles. The van der Waals surface area contributed by atoms with Crippen molar-refractivity contribution in [2.24, 2.45) is 0 Å². The molecule has 0 saturated carbocycles. The number of benzene rings is 1. The zero-order chi connectivity index (χ0) is 17.5. The number of anilines is 1. The molecule has 7 heteroatoms. The summed E-state index contributed by atoms with van der Waals surface area (Å²) >= 11 is 5.89. The van der Waals surface area contributed by atoms with Gasteiger partial charge in [0.2, 0.25) is 5.91 Å². The number of carbonyl (C=O) groups excluding carboxylic acids is 2. The smallest absolute Gasteiger partial charge is 0.319 e. The van der Waals surface area contributed by atoms with Crippen LogP contribution in [0.5, 0.6) is 0 Å². The first kappa shape index (κ1) is 18.5. The van der Waals surface area contributed by atoms with Gasteiger partial charge in [-0.3, -0.25) is 4.79 Å². The molecule has 2 rings (SSSR count). The topological polar surface area (TPSA) is 64.7 Å². The van der Waals surface area contributed by atoms with Gasteiger partial charge in [-0.25, -0.2) is 4.79 Å². The third-order valence-corrected chi connectivity index (χ3v) is 4.32. The highest BCUT2D eigenvalue weighted by Crippen LogP contribution is 2.20. The second-order valence-corrected chi connectivity index (χ2v) is 6.70. The van der Waals surface area contributed by atoms with Gasteiger partial charge in [-0.05, 0) is 45.1 Å². The van der Waals surface area contributed by atoms with E-state index in [0.29, 0.717) is 23.7 Å². The van der Waals surface area contributed by atoms with Crippen LogP contribution in [0, 0.1) is 0 Å². The number of likely N-dealkylation sites (tertiary alicyclic amines) is 1. The van der Waals surface area contributed by atoms with Crippen molar-refractivity contribution < 1.29 is 9.59 Å². The van der Waals surface area contributed by atoms with Crippen molar-refractivity contribution in [1.82, 2.24) is 15.1 Å². The average molecular weight is 353 g/mol. The molecule has 3 amide bonds. The van der Waals surface area contributed by atoms with E-state index in [0.717, 1.165) is 25.9 Å². The van der Waals surface area contributed by atoms with Gasteiger partial charge in [-0.1, -0.05) is 17.7 Å². The minimum Gasteiger partial charge on any atom is -0.338 e. The lowest BCUT2D eigenvalue weighted by molar-refractivity contribution is -0.129. The van der Waals surface area contributed by atoms with Gasteiger partial charge in [0.1, 0.15) is 0 Å². The molecule has 1 saturated heterocycles. The van der Waals surface area contributed by atoms with Gasteiger partial charge >= 0.3 is 6.03 Å². The van der Waals surface area contributed by atoms with E-state index in [-0.39, 0.29) is 18.0 Å². The van der Waals surface area contributed by atoms with Crippen LogP contribution in [-0.4, -0.2) is 61.5 Å². The highest BCUT2D eigenvalue weighted by atomic mass is 35.5. The molecule has 6 nitrogen and oxygen atoms in total. The normalized spacial score (nSPS) is 17.4. The quantitative estimate of drug-likeness (QED) is 0.792. The van der Waals surface area contributed by atoms with E-state index in [9.17, 15) is 9.59 Å². The van der Waals surface area contributed by atoms with Crippen LogP contribution in [0.15, 0.2) is 24.3 Å². The van der Waals surface area contributed by atoms with Gasteiger partial charge in [-0.2, -0.15) is 0 Å². The Morgan fingerprint density at radius 2 is 2.21 bits per heavy atom. The molecule has 0 radical (unpaired) electrons. The predicted octanol–water partition coefficient (Wildman–Crippen LogP) is 2.40. The summed E-state index contributed by atoms with van der Waals surface area (Å²) in [4.78, 5) is 27.9. The molecule has 0 aromatic heterocycles. The molecule has 0 aliphatic carbocycles. The Hall–Kier alpha value is -1.79. The van der Waals surface area contributed by atoms with E-state index in [1.165, 1.54) is 0 Å². The first-order chi connectivity index (χ1) is 11.5. The van der Waals surface area contributed by atoms with Crippen LogP contribution in [0.2, 0.25) is 5.02 Å². The summed E-state index contributed by atoms with van der Waals surface area (Å²) < 4.78 is 0. The van der Waals surface area contributed by atoms with Crippen molar-refractivity contribution >= 4 is 29.2 Å². The van der Waals surface area contributed by atoms with Gasteiger partial charge in [-0.15, -0.1) is 0 Å². The van der Waals surface area contributed by atoms with Crippen LogP contribution in [-0.2, 0) is 4.79 Å². The monoisotopic (exact) mass is 352 g/mol. The predicted molar refractivity (Wildman–Crippen MR) is 96.4 cm³/mol. The molecule has 1 aromatic carbocycles. The zero-order valence-corrected chi connectivity index (χ0v) is 15.0. The lowest BCUT2D eigenvalue weighted by Gasteiger charge is -2.26. The van der Waals surface area contributed by atoms with E-state index >= 15 is 0 Å². The number of nitrogens with one attached hydrogen (secondary N) is 2. The molecule has 24 heavy (non-hydrogen) atoms. The molecule has 1 aromatic rings. The maximum atomic E-state index is 12.0. The highest BCUT2D eigenvalue weighted by Gasteiger charge is 2.30. The number of urea groups is 1. The van der Waals surface area contributed by atoms with Gasteiger partial charge in [0.25, 0.3) is 0 Å². The summed E-state index contributed by atoms with van der Waals surface area (Å²) in [6, 6.07) is 6.96. The van der Waals surface area contributed by atoms with Gasteiger partial charge in [0.15, 0.2) is 0 Å². The molecule has 0 spiro atoms. The van der Waals surface area contributed by atoms with Gasteiger partial charge < -0.3 is 20.4 Å². The Balaban J connectivity index is 1.74. The van der Waals surface area contributed by atoms with E-state index < -0.39 is 0 Å². The van der Waals surface area contributed by atoms with Crippen molar-refractivity contribution in [3.8, 4) is 0 Å². The number of halogens is 1. The first-order valence-corrected chi connectivity index (χ1v) is 8.58. The van der Waals surface area contributed by atoms with Crippen LogP contribution in [0.4, 0.5) is 10.5 Å². The van der Waals surface area contributed by atoms with Gasteiger partial charge in [0.05, 0.1) is 0 Å². The van der Waals surface area contributed by atoms with Crippen LogP contribution < -0.4 is 10.6 Å². The number of nitrogens with zero attached hydrogens (tertiary/aromatic N) is 2. The Bertz CT molecular complexity index is 579. The molecule has 0 bridgehead atoms. The largest absolute Gasteiger partial charge is 0.338 e. The number of carbonyl (C=O) groups is 2. The Morgan fingerprint density at radius 3 is 2.92 bits per heavy atom. The van der Waals surface area contributed by atoms with Crippen molar-refractivity contribution in [1.29, 1.82) is 0 Å². The lowest BCUT2D eigenvalue weighted by Crippen LogP contribution is -2.40. The maximum Gasteiger partial charge on any atom is 0.319 e. The van der Waals surface area contributed by atoms with Crippen LogP contribution in [0.3, 0.4) is 0 Å². The molecule has 1 aliphatic rings. The molecule has 0 unspecified atom stereocenters. The number of rotatable bonds is 7. The first-order valence-electron chi connectivity index (χ1n) is 8.20. The summed E-state index contributed by atoms with van der Waals surface area (Å²) in [6.07, 6.45) is 2.23. The molecule has 2 N–H and O–H groups in total. The zero-order valence-electron chi connectivity index (χ0n) is 14.2. The average Bonchev–Trinajstić information content (AvgIpc) is 2.85. The molecular formula is C17H25ClN4O2. The van der Waals surface area contributed by atoms with Crippen LogP contribution in [0.1, 0.15) is 19.3 Å². The lowest BCUT2D eigenvalue weighted by atomic mass is 10.1. The molecular weight excluding hydrogens is 328 g/mol. The number of amides is 3. The SMILES string of the molecule is CN(C)CCN1C(=O)CC[C@@H]1CCNC(=O)Nc1cccc(Cl)c1. The minimum absolute atomic E-state index is 0.212. The van der Waals surface area contributed by atoms with Crippen molar-refractivity contribution in [3.05, 3.63) is 29.3 Å². The third kappa shape index (κ3) is 5.69. The van der Waals surface area contributed by atoms with E-state index in [4.69, 9.17) is 11.6 Å². The van der Waals surface area contributed by atoms with Gasteiger partial charge in [0, 0.05) is 42.8 Å². The second-order valence-electron chi connectivity index (χ2n) is 6.26. The Kier molecular flexibility index (Phi) is 6.87. The van der Waals surface area contributed by atoms with E-state index in [1.54, 1.807) is 24.3 Å². The fraction of sp³-hybridized carbons (Fsp3) is 0.529. The van der Waals surface area contributed by atoms with E-state index in [1.807, 2.05) is 19.0 Å². The summed E-state index contributed by atoms with van der Waals surface area (Å²) in [5.41, 5.74) is 0.656. The standard InChI is InChI=1S/C17H25ClN4O2/c1-21(2)10-11-22-15(6-7-16(22)23)8-9-19-17(24)20-14-5-3-4-13(18)12-14/h3-5,12,15H,6-11H2,1-2H3,(H2,19,20,24)/t15-/m1/s1. The highest BCUT2D eigenvalue weighted by molar-refractivity contribution is 6.30. The fourth-order valence-corrected chi connectivity index (χ4v) is 2.99. The Morgan fingerprint density at radius 1 is 1.42 bits per heavy atom. The molecule has 132 valence electrons. The minimum atomic E-state index is -0.263. The number of hydrogen-bond acceptors (Lipinski definition) is 3. The third-order valence-electron chi connectivity index (χ3n) is 4.09. The number of hydrogen-bond donors (Lipinski definition) is 2. The Labute approximate surface area is 148 Å². The van der Waals surface area contributed by atoms with Crippen molar-refractivity contribution in [2.75, 3.05) is 39.0 Å². The second kappa shape index (κ2) is 8.89. The summed E-state index contributed by atoms with van der Waals surface area (Å²) in [6.45, 7) is 2.12.